The number of carbonyl (C=O) groups excluding carboxylic acids is 1. The van der Waals surface area contributed by atoms with Crippen molar-refractivity contribution in [3.63, 3.8) is 0 Å². The molecular formula is C21H21FN4O. The van der Waals surface area contributed by atoms with Crippen molar-refractivity contribution in [3.05, 3.63) is 72.3 Å². The zero-order chi connectivity index (χ0) is 19.4. The maximum absolute atomic E-state index is 13.1. The molecule has 0 saturated carbocycles. The Hall–Kier alpha value is -3.28. The van der Waals surface area contributed by atoms with Crippen LogP contribution in [0.3, 0.4) is 0 Å². The number of hydrogen-bond acceptors (Lipinski definition) is 4. The number of aromatic nitrogens is 2. The van der Waals surface area contributed by atoms with Gasteiger partial charge in [-0.15, -0.1) is 0 Å². The van der Waals surface area contributed by atoms with Gasteiger partial charge in [0.25, 0.3) is 5.91 Å². The fraction of sp³-hybridized carbons (Fsp3) is 0.190. The first-order valence-electron chi connectivity index (χ1n) is 8.58. The number of rotatable bonds is 4. The lowest BCUT2D eigenvalue weighted by atomic mass is 10.1. The van der Waals surface area contributed by atoms with E-state index in [9.17, 15) is 9.18 Å². The molecule has 0 aliphatic heterocycles. The first-order valence-corrected chi connectivity index (χ1v) is 8.58. The van der Waals surface area contributed by atoms with Gasteiger partial charge >= 0.3 is 0 Å². The average molecular weight is 364 g/mol. The summed E-state index contributed by atoms with van der Waals surface area (Å²) in [7, 11) is 0. The third kappa shape index (κ3) is 5.10. The van der Waals surface area contributed by atoms with Crippen molar-refractivity contribution in [2.75, 3.05) is 5.32 Å². The van der Waals surface area contributed by atoms with Crippen molar-refractivity contribution in [3.8, 4) is 11.3 Å². The van der Waals surface area contributed by atoms with Crippen LogP contribution >= 0.6 is 0 Å². The largest absolute Gasteiger partial charge is 0.347 e. The molecule has 2 N–H and O–H groups in total. The van der Waals surface area contributed by atoms with E-state index in [2.05, 4.69) is 20.6 Å². The summed E-state index contributed by atoms with van der Waals surface area (Å²) in [5.74, 6) is 0.202. The fourth-order valence-corrected chi connectivity index (χ4v) is 2.47. The number of halogens is 1. The van der Waals surface area contributed by atoms with E-state index in [-0.39, 0.29) is 17.3 Å². The van der Waals surface area contributed by atoms with Crippen LogP contribution in [0.25, 0.3) is 11.3 Å². The minimum atomic E-state index is -0.290. The molecule has 0 atom stereocenters. The third-order valence-electron chi connectivity index (χ3n) is 3.72. The van der Waals surface area contributed by atoms with Gasteiger partial charge in [-0.25, -0.2) is 14.4 Å². The Bertz CT molecular complexity index is 932. The Morgan fingerprint density at radius 3 is 2.26 bits per heavy atom. The molecular weight excluding hydrogens is 343 g/mol. The van der Waals surface area contributed by atoms with Crippen LogP contribution in [0.5, 0.6) is 0 Å². The quantitative estimate of drug-likeness (QED) is 0.712. The number of nitrogens with zero attached hydrogens (tertiary/aromatic N) is 2. The highest BCUT2D eigenvalue weighted by atomic mass is 19.1. The predicted molar refractivity (Wildman–Crippen MR) is 104 cm³/mol. The molecule has 0 saturated heterocycles. The first-order chi connectivity index (χ1) is 12.8. The molecule has 3 rings (SSSR count). The van der Waals surface area contributed by atoms with E-state index in [0.29, 0.717) is 17.1 Å². The van der Waals surface area contributed by atoms with Crippen LogP contribution in [0.2, 0.25) is 0 Å². The second-order valence-electron chi connectivity index (χ2n) is 7.20. The molecule has 0 aliphatic carbocycles. The van der Waals surface area contributed by atoms with Crippen molar-refractivity contribution < 1.29 is 9.18 Å². The average Bonchev–Trinajstić information content (AvgIpc) is 2.62. The van der Waals surface area contributed by atoms with E-state index in [1.54, 1.807) is 30.3 Å². The molecule has 1 aromatic heterocycles. The molecule has 1 heterocycles. The highest BCUT2D eigenvalue weighted by molar-refractivity contribution is 5.95. The molecule has 5 nitrogen and oxygen atoms in total. The van der Waals surface area contributed by atoms with Crippen LogP contribution in [0.1, 0.15) is 31.1 Å². The molecule has 6 heteroatoms. The molecule has 138 valence electrons. The predicted octanol–water partition coefficient (Wildman–Crippen LogP) is 4.55. The van der Waals surface area contributed by atoms with Gasteiger partial charge in [-0.2, -0.15) is 0 Å². The number of amides is 1. The maximum Gasteiger partial charge on any atom is 0.251 e. The third-order valence-corrected chi connectivity index (χ3v) is 3.72. The Labute approximate surface area is 157 Å². The normalized spacial score (nSPS) is 11.1. The van der Waals surface area contributed by atoms with Crippen LogP contribution in [0.4, 0.5) is 15.9 Å². The highest BCUT2D eigenvalue weighted by Gasteiger charge is 2.15. The van der Waals surface area contributed by atoms with E-state index in [1.165, 1.54) is 18.5 Å². The topological polar surface area (TPSA) is 66.9 Å². The van der Waals surface area contributed by atoms with Gasteiger partial charge in [-0.05, 0) is 69.3 Å². The molecule has 3 aromatic rings. The number of hydrogen-bond donors (Lipinski definition) is 2. The molecule has 0 aliphatic rings. The maximum atomic E-state index is 13.1. The van der Waals surface area contributed by atoms with E-state index >= 15 is 0 Å². The number of carbonyl (C=O) groups is 1. The zero-order valence-corrected chi connectivity index (χ0v) is 15.5. The standard InChI is InChI=1S/C21H21FN4O/c1-21(2,3)26-20(27)15-6-10-17(11-7-15)25-19-12-18(23-13-24-19)14-4-8-16(22)9-5-14/h4-13H,1-3H3,(H,26,27)(H,23,24,25). The van der Waals surface area contributed by atoms with Gasteiger partial charge in [0, 0.05) is 28.4 Å². The molecule has 0 unspecified atom stereocenters. The number of benzene rings is 2. The molecule has 0 spiro atoms. The van der Waals surface area contributed by atoms with Crippen molar-refractivity contribution in [1.29, 1.82) is 0 Å². The smallest absolute Gasteiger partial charge is 0.251 e. The summed E-state index contributed by atoms with van der Waals surface area (Å²) < 4.78 is 13.1. The zero-order valence-electron chi connectivity index (χ0n) is 15.5. The lowest BCUT2D eigenvalue weighted by Gasteiger charge is -2.20. The Kier molecular flexibility index (Phi) is 5.16. The minimum Gasteiger partial charge on any atom is -0.347 e. The summed E-state index contributed by atoms with van der Waals surface area (Å²) in [6, 6.07) is 15.1. The van der Waals surface area contributed by atoms with Crippen molar-refractivity contribution in [2.24, 2.45) is 0 Å². The molecule has 1 amide bonds. The molecule has 0 bridgehead atoms. The van der Waals surface area contributed by atoms with Gasteiger partial charge in [-0.3, -0.25) is 4.79 Å². The number of nitrogens with one attached hydrogen (secondary N) is 2. The van der Waals surface area contributed by atoms with Crippen LogP contribution in [-0.4, -0.2) is 21.4 Å². The van der Waals surface area contributed by atoms with Gasteiger partial charge in [0.1, 0.15) is 18.0 Å². The van der Waals surface area contributed by atoms with Crippen LogP contribution in [-0.2, 0) is 0 Å². The van der Waals surface area contributed by atoms with Crippen LogP contribution in [0, 0.1) is 5.82 Å². The SMILES string of the molecule is CC(C)(C)NC(=O)c1ccc(Nc2cc(-c3ccc(F)cc3)ncn2)cc1. The second kappa shape index (κ2) is 7.53. The van der Waals surface area contributed by atoms with E-state index in [0.717, 1.165) is 11.3 Å². The van der Waals surface area contributed by atoms with E-state index < -0.39 is 0 Å². The Balaban J connectivity index is 1.73. The molecule has 2 aromatic carbocycles. The number of anilines is 2. The first kappa shape index (κ1) is 18.5. The summed E-state index contributed by atoms with van der Waals surface area (Å²) in [4.78, 5) is 20.6. The lowest BCUT2D eigenvalue weighted by Crippen LogP contribution is -2.40. The van der Waals surface area contributed by atoms with Gasteiger partial charge in [0.05, 0.1) is 5.69 Å². The van der Waals surface area contributed by atoms with Gasteiger partial charge < -0.3 is 10.6 Å². The Morgan fingerprint density at radius 2 is 1.63 bits per heavy atom. The second-order valence-corrected chi connectivity index (χ2v) is 7.20. The molecule has 0 radical (unpaired) electrons. The van der Waals surface area contributed by atoms with Crippen molar-refractivity contribution in [1.82, 2.24) is 15.3 Å². The van der Waals surface area contributed by atoms with Gasteiger partial charge in [0.15, 0.2) is 0 Å². The monoisotopic (exact) mass is 364 g/mol. The lowest BCUT2D eigenvalue weighted by molar-refractivity contribution is 0.0919. The summed E-state index contributed by atoms with van der Waals surface area (Å²) >= 11 is 0. The highest BCUT2D eigenvalue weighted by Crippen LogP contribution is 2.21. The van der Waals surface area contributed by atoms with E-state index in [4.69, 9.17) is 0 Å². The minimum absolute atomic E-state index is 0.116. The van der Waals surface area contributed by atoms with Crippen molar-refractivity contribution in [2.45, 2.75) is 26.3 Å². The summed E-state index contributed by atoms with van der Waals surface area (Å²) in [6.45, 7) is 5.82. The Morgan fingerprint density at radius 1 is 0.963 bits per heavy atom. The van der Waals surface area contributed by atoms with E-state index in [1.807, 2.05) is 32.9 Å². The van der Waals surface area contributed by atoms with Gasteiger partial charge in [-0.1, -0.05) is 0 Å². The summed E-state index contributed by atoms with van der Waals surface area (Å²) in [6.07, 6.45) is 1.45. The van der Waals surface area contributed by atoms with Crippen molar-refractivity contribution >= 4 is 17.4 Å². The molecule has 0 fully saturated rings. The summed E-state index contributed by atoms with van der Waals surface area (Å²) in [5.41, 5.74) is 2.59. The molecule has 27 heavy (non-hydrogen) atoms. The van der Waals surface area contributed by atoms with Crippen LogP contribution < -0.4 is 10.6 Å². The summed E-state index contributed by atoms with van der Waals surface area (Å²) in [5, 5.41) is 6.11. The van der Waals surface area contributed by atoms with Gasteiger partial charge in [0.2, 0.25) is 0 Å². The van der Waals surface area contributed by atoms with Crippen LogP contribution in [0.15, 0.2) is 60.9 Å². The fourth-order valence-electron chi connectivity index (χ4n) is 2.47.